The van der Waals surface area contributed by atoms with Gasteiger partial charge in [-0.3, -0.25) is 9.69 Å². The van der Waals surface area contributed by atoms with Crippen LogP contribution in [-0.4, -0.2) is 65.3 Å². The molecule has 0 spiro atoms. The summed E-state index contributed by atoms with van der Waals surface area (Å²) < 4.78 is 16.9. The van der Waals surface area contributed by atoms with E-state index in [-0.39, 0.29) is 30.3 Å². The first-order valence-corrected chi connectivity index (χ1v) is 7.39. The van der Waals surface area contributed by atoms with E-state index in [0.29, 0.717) is 13.2 Å². The highest BCUT2D eigenvalue weighted by atomic mass is 16.8. The molecular weight excluding hydrogens is 262 g/mol. The lowest BCUT2D eigenvalue weighted by Crippen LogP contribution is -2.60. The third-order valence-corrected chi connectivity index (χ3v) is 4.44. The van der Waals surface area contributed by atoms with Gasteiger partial charge in [-0.25, -0.2) is 0 Å². The zero-order valence-electron chi connectivity index (χ0n) is 12.2. The molecule has 0 saturated carbocycles. The van der Waals surface area contributed by atoms with Crippen molar-refractivity contribution in [2.75, 3.05) is 13.2 Å². The molecule has 3 rings (SSSR count). The Kier molecular flexibility index (Phi) is 3.52. The van der Waals surface area contributed by atoms with Gasteiger partial charge in [-0.1, -0.05) is 0 Å². The lowest BCUT2D eigenvalue weighted by atomic mass is 9.94. The van der Waals surface area contributed by atoms with Crippen LogP contribution in [0.15, 0.2) is 0 Å². The molecule has 1 N–H and O–H groups in total. The molecule has 0 aliphatic carbocycles. The van der Waals surface area contributed by atoms with Crippen LogP contribution >= 0.6 is 0 Å². The Balaban J connectivity index is 1.78. The average Bonchev–Trinajstić information content (AvgIpc) is 2.90. The highest BCUT2D eigenvalue weighted by Gasteiger charge is 2.57. The minimum atomic E-state index is -0.672. The summed E-state index contributed by atoms with van der Waals surface area (Å²) in [5.41, 5.74) is 0. The number of rotatable bonds is 2. The van der Waals surface area contributed by atoms with Gasteiger partial charge >= 0.3 is 5.97 Å². The second-order valence-corrected chi connectivity index (χ2v) is 6.24. The zero-order valence-corrected chi connectivity index (χ0v) is 12.2. The molecule has 6 heteroatoms. The number of carbonyl (C=O) groups is 1. The van der Waals surface area contributed by atoms with Crippen molar-refractivity contribution < 1.29 is 24.1 Å². The molecule has 3 saturated heterocycles. The highest BCUT2D eigenvalue weighted by molar-refractivity contribution is 5.76. The summed E-state index contributed by atoms with van der Waals surface area (Å²) >= 11 is 0. The molecule has 0 radical (unpaired) electrons. The van der Waals surface area contributed by atoms with Gasteiger partial charge in [0.2, 0.25) is 0 Å². The Labute approximate surface area is 119 Å². The molecule has 3 fully saturated rings. The SMILES string of the molecule is CCOC(=O)[C@@H]1CC[C@@H]2[C@@H]3OC(C)(C)O[C@@H]3[C@@H](O)CN21. The van der Waals surface area contributed by atoms with E-state index < -0.39 is 11.9 Å². The summed E-state index contributed by atoms with van der Waals surface area (Å²) in [6.07, 6.45) is 0.522. The van der Waals surface area contributed by atoms with E-state index in [4.69, 9.17) is 14.2 Å². The standard InChI is InChI=1S/C14H23NO5/c1-4-18-13(17)9-6-5-8-11-12(10(16)7-15(8)9)20-14(2,3)19-11/h8-12,16H,4-7H2,1-3H3/t8-,9+,10+,11+,12-/m1/s1. The van der Waals surface area contributed by atoms with Crippen LogP contribution in [0.2, 0.25) is 0 Å². The van der Waals surface area contributed by atoms with Crippen LogP contribution in [-0.2, 0) is 19.0 Å². The minimum Gasteiger partial charge on any atom is -0.465 e. The Morgan fingerprint density at radius 3 is 2.75 bits per heavy atom. The van der Waals surface area contributed by atoms with Crippen molar-refractivity contribution in [3.05, 3.63) is 0 Å². The van der Waals surface area contributed by atoms with Crippen molar-refractivity contribution in [1.29, 1.82) is 0 Å². The molecule has 20 heavy (non-hydrogen) atoms. The topological polar surface area (TPSA) is 68.2 Å². The molecule has 114 valence electrons. The predicted molar refractivity (Wildman–Crippen MR) is 70.0 cm³/mol. The number of esters is 1. The summed E-state index contributed by atoms with van der Waals surface area (Å²) in [5.74, 6) is -0.868. The molecular formula is C14H23NO5. The van der Waals surface area contributed by atoms with Crippen LogP contribution in [0, 0.1) is 0 Å². The number of ether oxygens (including phenoxy) is 3. The summed E-state index contributed by atoms with van der Waals surface area (Å²) in [4.78, 5) is 14.0. The molecule has 5 atom stereocenters. The van der Waals surface area contributed by atoms with E-state index in [0.717, 1.165) is 12.8 Å². The minimum absolute atomic E-state index is 0.125. The highest BCUT2D eigenvalue weighted by Crippen LogP contribution is 2.41. The smallest absolute Gasteiger partial charge is 0.323 e. The zero-order chi connectivity index (χ0) is 14.5. The van der Waals surface area contributed by atoms with Crippen LogP contribution in [0.4, 0.5) is 0 Å². The third-order valence-electron chi connectivity index (χ3n) is 4.44. The Bertz CT molecular complexity index is 399. The first-order valence-electron chi connectivity index (χ1n) is 7.39. The number of aliphatic hydroxyl groups is 1. The van der Waals surface area contributed by atoms with Crippen molar-refractivity contribution in [2.24, 2.45) is 0 Å². The second kappa shape index (κ2) is 4.94. The fraction of sp³-hybridized carbons (Fsp3) is 0.929. The third kappa shape index (κ3) is 2.24. The van der Waals surface area contributed by atoms with Crippen molar-refractivity contribution in [2.45, 2.75) is 69.8 Å². The monoisotopic (exact) mass is 285 g/mol. The second-order valence-electron chi connectivity index (χ2n) is 6.24. The van der Waals surface area contributed by atoms with E-state index >= 15 is 0 Å². The number of nitrogens with zero attached hydrogens (tertiary/aromatic N) is 1. The quantitative estimate of drug-likeness (QED) is 0.735. The van der Waals surface area contributed by atoms with Gasteiger partial charge in [-0.05, 0) is 33.6 Å². The number of carbonyl (C=O) groups excluding carboxylic acids is 1. The van der Waals surface area contributed by atoms with Crippen LogP contribution in [0.25, 0.3) is 0 Å². The Morgan fingerprint density at radius 1 is 1.35 bits per heavy atom. The normalized spacial score (nSPS) is 43.1. The summed E-state index contributed by atoms with van der Waals surface area (Å²) in [6, 6.07) is -0.137. The van der Waals surface area contributed by atoms with Crippen LogP contribution in [0.1, 0.15) is 33.6 Å². The van der Waals surface area contributed by atoms with E-state index in [2.05, 4.69) is 0 Å². The average molecular weight is 285 g/mol. The molecule has 0 aromatic heterocycles. The molecule has 0 bridgehead atoms. The molecule has 3 heterocycles. The largest absolute Gasteiger partial charge is 0.465 e. The Hall–Kier alpha value is -0.690. The molecule has 0 unspecified atom stereocenters. The van der Waals surface area contributed by atoms with Crippen molar-refractivity contribution in [1.82, 2.24) is 4.90 Å². The van der Waals surface area contributed by atoms with E-state index in [1.807, 2.05) is 25.7 Å². The fourth-order valence-corrected chi connectivity index (χ4v) is 3.73. The Morgan fingerprint density at radius 2 is 2.05 bits per heavy atom. The maximum Gasteiger partial charge on any atom is 0.323 e. The first kappa shape index (κ1) is 14.3. The van der Waals surface area contributed by atoms with E-state index in [9.17, 15) is 9.90 Å². The van der Waals surface area contributed by atoms with E-state index in [1.165, 1.54) is 0 Å². The molecule has 0 aromatic rings. The van der Waals surface area contributed by atoms with Crippen molar-refractivity contribution in [3.63, 3.8) is 0 Å². The van der Waals surface area contributed by atoms with Gasteiger partial charge in [-0.15, -0.1) is 0 Å². The molecule has 6 nitrogen and oxygen atoms in total. The first-order chi connectivity index (χ1) is 9.43. The van der Waals surface area contributed by atoms with Gasteiger partial charge in [-0.2, -0.15) is 0 Å². The predicted octanol–water partition coefficient (Wildman–Crippen LogP) is 0.277. The summed E-state index contributed by atoms with van der Waals surface area (Å²) in [5, 5.41) is 10.3. The fourth-order valence-electron chi connectivity index (χ4n) is 3.73. The van der Waals surface area contributed by atoms with Gasteiger partial charge in [0.05, 0.1) is 12.7 Å². The van der Waals surface area contributed by atoms with Gasteiger partial charge in [0.1, 0.15) is 18.2 Å². The summed E-state index contributed by atoms with van der Waals surface area (Å²) in [6.45, 7) is 6.35. The molecule has 3 aliphatic rings. The number of hydrogen-bond acceptors (Lipinski definition) is 6. The lowest BCUT2D eigenvalue weighted by molar-refractivity contribution is -0.153. The number of piperidine rings is 1. The maximum atomic E-state index is 12.0. The lowest BCUT2D eigenvalue weighted by Gasteiger charge is -2.41. The van der Waals surface area contributed by atoms with Gasteiger partial charge in [0, 0.05) is 12.6 Å². The van der Waals surface area contributed by atoms with Gasteiger partial charge in [0.15, 0.2) is 5.79 Å². The molecule has 3 aliphatic heterocycles. The van der Waals surface area contributed by atoms with Crippen molar-refractivity contribution in [3.8, 4) is 0 Å². The van der Waals surface area contributed by atoms with Crippen molar-refractivity contribution >= 4 is 5.97 Å². The number of fused-ring (bicyclic) bond motifs is 3. The maximum absolute atomic E-state index is 12.0. The molecule has 0 amide bonds. The van der Waals surface area contributed by atoms with Crippen LogP contribution in [0.5, 0.6) is 0 Å². The number of aliphatic hydroxyl groups excluding tert-OH is 1. The van der Waals surface area contributed by atoms with E-state index in [1.54, 1.807) is 0 Å². The summed E-state index contributed by atoms with van der Waals surface area (Å²) in [7, 11) is 0. The van der Waals surface area contributed by atoms with Crippen LogP contribution in [0.3, 0.4) is 0 Å². The van der Waals surface area contributed by atoms with Crippen LogP contribution < -0.4 is 0 Å². The molecule has 0 aromatic carbocycles. The van der Waals surface area contributed by atoms with Gasteiger partial charge in [0.25, 0.3) is 0 Å². The number of hydrogen-bond donors (Lipinski definition) is 1. The van der Waals surface area contributed by atoms with Gasteiger partial charge < -0.3 is 19.3 Å².